The highest BCUT2D eigenvalue weighted by atomic mass is 16.5. The van der Waals surface area contributed by atoms with Crippen molar-refractivity contribution in [2.24, 2.45) is 5.73 Å². The maximum absolute atomic E-state index is 12.5. The van der Waals surface area contributed by atoms with Crippen LogP contribution in [0.5, 0.6) is 0 Å². The number of nitrogens with two attached hydrogens (primary N) is 1. The zero-order valence-electron chi connectivity index (χ0n) is 28.7. The molecule has 4 N–H and O–H groups in total. The van der Waals surface area contributed by atoms with Crippen LogP contribution in [-0.4, -0.2) is 70.5 Å². The highest BCUT2D eigenvalue weighted by Gasteiger charge is 2.32. The summed E-state index contributed by atoms with van der Waals surface area (Å²) in [7, 11) is 0. The SMILES string of the molecule is CCc1c(CCCN2CCC(c3ccc(Nc4nc(N5CCCCC5)cnc4C(N)=O)cc3)CC2)ccc2c(C3CCC(=O)NC3=O)noc12. The van der Waals surface area contributed by atoms with Crippen molar-refractivity contribution in [2.75, 3.05) is 42.9 Å². The van der Waals surface area contributed by atoms with E-state index in [1.807, 2.05) is 18.2 Å². The molecule has 262 valence electrons. The number of aryl methyl sites for hydroxylation is 2. The molecular formula is C38H46N8O4. The summed E-state index contributed by atoms with van der Waals surface area (Å²) in [6.07, 6.45) is 10.9. The lowest BCUT2D eigenvalue weighted by Crippen LogP contribution is -2.39. The number of amides is 3. The topological polar surface area (TPSA) is 160 Å². The first-order chi connectivity index (χ1) is 24.4. The number of fused-ring (bicyclic) bond motifs is 1. The van der Waals surface area contributed by atoms with Gasteiger partial charge >= 0.3 is 0 Å². The molecule has 0 aliphatic carbocycles. The van der Waals surface area contributed by atoms with Crippen LogP contribution in [0.1, 0.15) is 103 Å². The van der Waals surface area contributed by atoms with Gasteiger partial charge in [0.25, 0.3) is 5.91 Å². The highest BCUT2D eigenvalue weighted by molar-refractivity contribution is 6.02. The molecule has 7 rings (SSSR count). The Morgan fingerprint density at radius 1 is 1.02 bits per heavy atom. The molecule has 4 aromatic rings. The van der Waals surface area contributed by atoms with Crippen molar-refractivity contribution in [3.63, 3.8) is 0 Å². The summed E-state index contributed by atoms with van der Waals surface area (Å²) >= 11 is 0. The van der Waals surface area contributed by atoms with Crippen LogP contribution in [0.25, 0.3) is 11.0 Å². The molecule has 1 unspecified atom stereocenters. The first kappa shape index (κ1) is 33.6. The maximum Gasteiger partial charge on any atom is 0.271 e. The van der Waals surface area contributed by atoms with Gasteiger partial charge in [-0.15, -0.1) is 0 Å². The minimum absolute atomic E-state index is 0.144. The van der Waals surface area contributed by atoms with Crippen molar-refractivity contribution in [3.05, 3.63) is 70.7 Å². The number of rotatable bonds is 11. The predicted octanol–water partition coefficient (Wildman–Crippen LogP) is 5.35. The van der Waals surface area contributed by atoms with Gasteiger partial charge in [0.2, 0.25) is 11.8 Å². The van der Waals surface area contributed by atoms with Gasteiger partial charge in [0, 0.05) is 36.1 Å². The molecule has 3 aliphatic rings. The molecule has 0 spiro atoms. The molecule has 5 heterocycles. The number of carbonyl (C=O) groups is 3. The van der Waals surface area contributed by atoms with Crippen LogP contribution < -0.4 is 21.3 Å². The number of hydrogen-bond donors (Lipinski definition) is 3. The van der Waals surface area contributed by atoms with E-state index in [0.717, 1.165) is 106 Å². The van der Waals surface area contributed by atoms with Crippen LogP contribution in [0.2, 0.25) is 0 Å². The average molecular weight is 679 g/mol. The van der Waals surface area contributed by atoms with E-state index in [2.05, 4.69) is 55.7 Å². The van der Waals surface area contributed by atoms with E-state index < -0.39 is 11.8 Å². The smallest absolute Gasteiger partial charge is 0.271 e. The number of primary amides is 1. The van der Waals surface area contributed by atoms with Gasteiger partial charge in [0.05, 0.1) is 12.1 Å². The van der Waals surface area contributed by atoms with Gasteiger partial charge in [-0.05, 0) is 113 Å². The number of benzene rings is 2. The summed E-state index contributed by atoms with van der Waals surface area (Å²) in [4.78, 5) is 50.1. The van der Waals surface area contributed by atoms with E-state index in [-0.39, 0.29) is 17.5 Å². The summed E-state index contributed by atoms with van der Waals surface area (Å²) in [5, 5.41) is 10.9. The molecule has 3 amide bonds. The van der Waals surface area contributed by atoms with Gasteiger partial charge in [-0.3, -0.25) is 19.7 Å². The number of likely N-dealkylation sites (tertiary alicyclic amines) is 1. The first-order valence-electron chi connectivity index (χ1n) is 18.1. The lowest BCUT2D eigenvalue weighted by molar-refractivity contribution is -0.134. The second-order valence-corrected chi connectivity index (χ2v) is 13.8. The largest absolute Gasteiger partial charge is 0.364 e. The molecule has 3 fully saturated rings. The first-order valence-corrected chi connectivity index (χ1v) is 18.1. The number of hydrogen-bond acceptors (Lipinski definition) is 10. The van der Waals surface area contributed by atoms with Crippen LogP contribution in [-0.2, 0) is 22.4 Å². The van der Waals surface area contributed by atoms with Gasteiger partial charge in [-0.2, -0.15) is 0 Å². The number of nitrogens with one attached hydrogen (secondary N) is 2. The minimum atomic E-state index is -0.601. The van der Waals surface area contributed by atoms with Crippen LogP contribution in [0.4, 0.5) is 17.3 Å². The third-order valence-electron chi connectivity index (χ3n) is 10.6. The van der Waals surface area contributed by atoms with Crippen LogP contribution >= 0.6 is 0 Å². The maximum atomic E-state index is 12.5. The lowest BCUT2D eigenvalue weighted by Gasteiger charge is -2.32. The molecule has 2 aromatic heterocycles. The van der Waals surface area contributed by atoms with Crippen molar-refractivity contribution in [3.8, 4) is 0 Å². The standard InChI is InChI=1S/C38H46N8O4/c1-2-28-26(10-13-29-33(44-50-35(28)29)30-14-15-32(47)43-38(30)49)7-6-18-45-21-16-25(17-22-45)24-8-11-27(12-9-24)41-37-34(36(39)48)40-23-31(42-37)46-19-4-3-5-20-46/h8-13,23,25,30H,2-7,14-22H2,1H3,(H2,39,48)(H,41,42)(H,43,47,49). The molecule has 3 aliphatic heterocycles. The van der Waals surface area contributed by atoms with E-state index in [9.17, 15) is 14.4 Å². The van der Waals surface area contributed by atoms with Crippen molar-refractivity contribution in [1.82, 2.24) is 25.3 Å². The Balaban J connectivity index is 0.918. The molecule has 1 atom stereocenters. The fourth-order valence-corrected chi connectivity index (χ4v) is 7.83. The summed E-state index contributed by atoms with van der Waals surface area (Å²) < 4.78 is 5.81. The number of carbonyl (C=O) groups excluding carboxylic acids is 3. The number of aromatic nitrogens is 3. The molecule has 12 heteroatoms. The normalized spacial score (nSPS) is 19.1. The summed E-state index contributed by atoms with van der Waals surface area (Å²) in [6.45, 7) is 7.15. The van der Waals surface area contributed by atoms with E-state index >= 15 is 0 Å². The average Bonchev–Trinajstić information content (AvgIpc) is 3.56. The second-order valence-electron chi connectivity index (χ2n) is 13.8. The number of imide groups is 1. The third-order valence-corrected chi connectivity index (χ3v) is 10.6. The number of piperidine rings is 3. The predicted molar refractivity (Wildman–Crippen MR) is 192 cm³/mol. The minimum Gasteiger partial charge on any atom is -0.364 e. The zero-order valence-corrected chi connectivity index (χ0v) is 28.7. The quantitative estimate of drug-likeness (QED) is 0.177. The molecule has 2 aromatic carbocycles. The fourth-order valence-electron chi connectivity index (χ4n) is 7.83. The Kier molecular flexibility index (Phi) is 10.1. The van der Waals surface area contributed by atoms with Gasteiger partial charge in [0.1, 0.15) is 11.5 Å². The molecule has 0 saturated carbocycles. The van der Waals surface area contributed by atoms with Gasteiger partial charge in [0.15, 0.2) is 17.1 Å². The van der Waals surface area contributed by atoms with Crippen molar-refractivity contribution in [1.29, 1.82) is 0 Å². The summed E-state index contributed by atoms with van der Waals surface area (Å²) in [6, 6.07) is 12.6. The third kappa shape index (κ3) is 7.21. The van der Waals surface area contributed by atoms with Crippen LogP contribution in [0.15, 0.2) is 47.1 Å². The summed E-state index contributed by atoms with van der Waals surface area (Å²) in [5.74, 6) is 0.0780. The Labute approximate surface area is 292 Å². The Morgan fingerprint density at radius 2 is 1.80 bits per heavy atom. The van der Waals surface area contributed by atoms with Gasteiger partial charge < -0.3 is 25.4 Å². The fraction of sp³-hybridized carbons (Fsp3) is 0.474. The van der Waals surface area contributed by atoms with E-state index in [1.54, 1.807) is 6.20 Å². The Bertz CT molecular complexity index is 1860. The van der Waals surface area contributed by atoms with Crippen LogP contribution in [0.3, 0.4) is 0 Å². The van der Waals surface area contributed by atoms with Crippen molar-refractivity contribution in [2.45, 2.75) is 83.0 Å². The Hall–Kier alpha value is -4.84. The van der Waals surface area contributed by atoms with Gasteiger partial charge in [-0.25, -0.2) is 9.97 Å². The number of anilines is 3. The summed E-state index contributed by atoms with van der Waals surface area (Å²) in [5.41, 5.74) is 11.8. The molecule has 3 saturated heterocycles. The molecule has 50 heavy (non-hydrogen) atoms. The highest BCUT2D eigenvalue weighted by Crippen LogP contribution is 2.34. The van der Waals surface area contributed by atoms with E-state index in [0.29, 0.717) is 30.3 Å². The monoisotopic (exact) mass is 678 g/mol. The number of nitrogens with zero attached hydrogens (tertiary/aromatic N) is 5. The van der Waals surface area contributed by atoms with E-state index in [1.165, 1.54) is 17.5 Å². The molecule has 0 radical (unpaired) electrons. The molecular weight excluding hydrogens is 632 g/mol. The van der Waals surface area contributed by atoms with Crippen molar-refractivity contribution >= 4 is 46.0 Å². The zero-order chi connectivity index (χ0) is 34.6. The molecule has 12 nitrogen and oxygen atoms in total. The second kappa shape index (κ2) is 15.0. The van der Waals surface area contributed by atoms with Crippen molar-refractivity contribution < 1.29 is 18.9 Å². The van der Waals surface area contributed by atoms with Gasteiger partial charge in [-0.1, -0.05) is 30.3 Å². The Morgan fingerprint density at radius 3 is 2.52 bits per heavy atom. The van der Waals surface area contributed by atoms with E-state index in [4.69, 9.17) is 15.2 Å². The molecule has 0 bridgehead atoms. The van der Waals surface area contributed by atoms with Crippen LogP contribution in [0, 0.1) is 0 Å². The lowest BCUT2D eigenvalue weighted by atomic mass is 9.89.